The van der Waals surface area contributed by atoms with Crippen molar-refractivity contribution < 1.29 is 32.9 Å². The van der Waals surface area contributed by atoms with Gasteiger partial charge in [-0.15, -0.1) is 0 Å². The first-order valence-corrected chi connectivity index (χ1v) is 10.1. The molecule has 0 unspecified atom stereocenters. The highest BCUT2D eigenvalue weighted by atomic mass is 35.5. The van der Waals surface area contributed by atoms with Gasteiger partial charge in [-0.05, 0) is 37.1 Å². The molecule has 31 heavy (non-hydrogen) atoms. The summed E-state index contributed by atoms with van der Waals surface area (Å²) in [6, 6.07) is 4.50. The van der Waals surface area contributed by atoms with E-state index in [4.69, 9.17) is 16.3 Å². The van der Waals surface area contributed by atoms with E-state index in [9.17, 15) is 28.2 Å². The van der Waals surface area contributed by atoms with E-state index in [1.807, 2.05) is 0 Å². The Morgan fingerprint density at radius 2 is 1.90 bits per heavy atom. The largest absolute Gasteiger partial charge is 0.490 e. The topological polar surface area (TPSA) is 82.0 Å². The van der Waals surface area contributed by atoms with Crippen molar-refractivity contribution >= 4 is 28.9 Å². The number of aliphatic hydroxyl groups is 2. The number of nitrogens with zero attached hydrogens (tertiary/aromatic N) is 1. The molecule has 2 aliphatic heterocycles. The van der Waals surface area contributed by atoms with Gasteiger partial charge in [0.1, 0.15) is 35.6 Å². The summed E-state index contributed by atoms with van der Waals surface area (Å²) in [5.74, 6) is -2.33. The van der Waals surface area contributed by atoms with E-state index >= 15 is 0 Å². The second-order valence-corrected chi connectivity index (χ2v) is 8.21. The molecular formula is C21H20ClF3N2O4. The van der Waals surface area contributed by atoms with Crippen molar-refractivity contribution in [3.8, 4) is 5.75 Å². The quantitative estimate of drug-likeness (QED) is 0.659. The number of fused-ring (bicyclic) bond motifs is 1. The van der Waals surface area contributed by atoms with Gasteiger partial charge in [-0.1, -0.05) is 11.6 Å². The lowest BCUT2D eigenvalue weighted by molar-refractivity contribution is -0.116. The second kappa shape index (κ2) is 8.22. The van der Waals surface area contributed by atoms with Crippen LogP contribution in [0.2, 0.25) is 5.02 Å². The SMILES string of the molecule is O=C1CCc2c(OC[C@]3(O)CCN(c4c(F)cc(Cl)cc4F)C[C@@H]3O)ccc(F)c2N1. The van der Waals surface area contributed by atoms with Crippen molar-refractivity contribution in [3.63, 3.8) is 0 Å². The molecule has 166 valence electrons. The molecule has 3 N–H and O–H groups in total. The molecule has 2 aromatic rings. The molecule has 0 aromatic heterocycles. The maximum absolute atomic E-state index is 14.2. The highest BCUT2D eigenvalue weighted by Gasteiger charge is 2.43. The number of nitrogens with one attached hydrogen (secondary N) is 1. The molecule has 0 aliphatic carbocycles. The van der Waals surface area contributed by atoms with E-state index in [0.717, 1.165) is 18.2 Å². The van der Waals surface area contributed by atoms with Gasteiger partial charge in [0.05, 0.1) is 5.69 Å². The van der Waals surface area contributed by atoms with Crippen LogP contribution in [0.25, 0.3) is 0 Å². The van der Waals surface area contributed by atoms with Crippen LogP contribution in [0.5, 0.6) is 5.75 Å². The molecule has 2 heterocycles. The van der Waals surface area contributed by atoms with Crippen molar-refractivity contribution in [2.24, 2.45) is 0 Å². The number of benzene rings is 2. The standard InChI is InChI=1S/C21H20ClF3N2O4/c22-11-7-14(24)20(15(25)8-11)27-6-5-21(30,17(28)9-27)10-31-16-3-2-13(23)19-12(16)1-4-18(29)26-19/h2-3,7-8,17,28,30H,1,4-6,9-10H2,(H,26,29)/t17-,21+/m0/s1. The average molecular weight is 457 g/mol. The van der Waals surface area contributed by atoms with Crippen LogP contribution in [-0.2, 0) is 11.2 Å². The summed E-state index contributed by atoms with van der Waals surface area (Å²) in [4.78, 5) is 12.8. The number of carbonyl (C=O) groups is 1. The molecule has 2 aliphatic rings. The summed E-state index contributed by atoms with van der Waals surface area (Å²) in [5, 5.41) is 23.8. The van der Waals surface area contributed by atoms with Crippen molar-refractivity contribution in [2.75, 3.05) is 29.9 Å². The Hall–Kier alpha value is -2.49. The lowest BCUT2D eigenvalue weighted by Crippen LogP contribution is -2.58. The molecule has 2 aromatic carbocycles. The van der Waals surface area contributed by atoms with Crippen molar-refractivity contribution in [1.82, 2.24) is 0 Å². The fourth-order valence-corrected chi connectivity index (χ4v) is 4.13. The number of rotatable bonds is 4. The molecule has 6 nitrogen and oxygen atoms in total. The smallest absolute Gasteiger partial charge is 0.224 e. The van der Waals surface area contributed by atoms with E-state index < -0.39 is 29.2 Å². The van der Waals surface area contributed by atoms with Gasteiger partial charge in [-0.3, -0.25) is 4.79 Å². The van der Waals surface area contributed by atoms with E-state index in [0.29, 0.717) is 5.56 Å². The third kappa shape index (κ3) is 4.17. The van der Waals surface area contributed by atoms with E-state index in [1.54, 1.807) is 0 Å². The first-order valence-electron chi connectivity index (χ1n) is 9.72. The zero-order valence-electron chi connectivity index (χ0n) is 16.3. The van der Waals surface area contributed by atoms with Crippen molar-refractivity contribution in [3.05, 3.63) is 52.3 Å². The fraction of sp³-hybridized carbons (Fsp3) is 0.381. The monoisotopic (exact) mass is 456 g/mol. The molecule has 0 radical (unpaired) electrons. The van der Waals surface area contributed by atoms with Gasteiger partial charge in [0, 0.05) is 30.1 Å². The Morgan fingerprint density at radius 3 is 2.58 bits per heavy atom. The maximum Gasteiger partial charge on any atom is 0.224 e. The predicted molar refractivity (Wildman–Crippen MR) is 108 cm³/mol. The van der Waals surface area contributed by atoms with Gasteiger partial charge in [0.15, 0.2) is 11.6 Å². The van der Waals surface area contributed by atoms with E-state index in [1.165, 1.54) is 11.0 Å². The molecule has 1 amide bonds. The molecule has 4 rings (SSSR count). The molecule has 2 atom stereocenters. The average Bonchev–Trinajstić information content (AvgIpc) is 2.70. The van der Waals surface area contributed by atoms with E-state index in [2.05, 4.69) is 5.32 Å². The first kappa shape index (κ1) is 21.7. The Bertz CT molecular complexity index is 1010. The molecule has 1 fully saturated rings. The number of amides is 1. The maximum atomic E-state index is 14.2. The predicted octanol–water partition coefficient (Wildman–Crippen LogP) is 3.02. The number of hydrogen-bond acceptors (Lipinski definition) is 5. The zero-order valence-corrected chi connectivity index (χ0v) is 17.1. The van der Waals surface area contributed by atoms with Crippen LogP contribution in [0.15, 0.2) is 24.3 Å². The number of carbonyl (C=O) groups excluding carboxylic acids is 1. The number of aliphatic hydroxyl groups excluding tert-OH is 1. The molecule has 0 saturated carbocycles. The lowest BCUT2D eigenvalue weighted by Gasteiger charge is -2.42. The number of ether oxygens (including phenoxy) is 1. The van der Waals surface area contributed by atoms with Crippen molar-refractivity contribution in [1.29, 1.82) is 0 Å². The summed E-state index contributed by atoms with van der Waals surface area (Å²) in [7, 11) is 0. The van der Waals surface area contributed by atoms with Crippen LogP contribution < -0.4 is 15.0 Å². The van der Waals surface area contributed by atoms with E-state index in [-0.39, 0.29) is 67.0 Å². The van der Waals surface area contributed by atoms with Gasteiger partial charge in [0.25, 0.3) is 0 Å². The summed E-state index contributed by atoms with van der Waals surface area (Å²) in [6.45, 7) is -0.490. The van der Waals surface area contributed by atoms with Crippen LogP contribution in [0.3, 0.4) is 0 Å². The second-order valence-electron chi connectivity index (χ2n) is 7.77. The van der Waals surface area contributed by atoms with Gasteiger partial charge in [-0.2, -0.15) is 0 Å². The van der Waals surface area contributed by atoms with Gasteiger partial charge < -0.3 is 25.2 Å². The van der Waals surface area contributed by atoms with Gasteiger partial charge in [-0.25, -0.2) is 13.2 Å². The first-order chi connectivity index (χ1) is 14.7. The minimum absolute atomic E-state index is 0.0320. The van der Waals surface area contributed by atoms with Gasteiger partial charge >= 0.3 is 0 Å². The Labute approximate surface area is 181 Å². The van der Waals surface area contributed by atoms with Crippen LogP contribution in [0.4, 0.5) is 24.5 Å². The normalized spacial score (nSPS) is 23.4. The van der Waals surface area contributed by atoms with Crippen molar-refractivity contribution in [2.45, 2.75) is 31.0 Å². The third-order valence-corrected chi connectivity index (χ3v) is 5.91. The zero-order chi connectivity index (χ0) is 22.3. The van der Waals surface area contributed by atoms with Crippen LogP contribution in [-0.4, -0.2) is 47.5 Å². The minimum Gasteiger partial charge on any atom is -0.490 e. The molecule has 0 spiro atoms. The summed E-state index contributed by atoms with van der Waals surface area (Å²) in [5.41, 5.74) is -1.49. The third-order valence-electron chi connectivity index (χ3n) is 5.69. The van der Waals surface area contributed by atoms with Crippen LogP contribution in [0.1, 0.15) is 18.4 Å². The number of anilines is 2. The van der Waals surface area contributed by atoms with Crippen LogP contribution >= 0.6 is 11.6 Å². The Kier molecular flexibility index (Phi) is 5.76. The lowest BCUT2D eigenvalue weighted by atomic mass is 9.89. The Morgan fingerprint density at radius 1 is 1.19 bits per heavy atom. The Balaban J connectivity index is 1.48. The number of piperidine rings is 1. The molecule has 0 bridgehead atoms. The van der Waals surface area contributed by atoms with Crippen LogP contribution in [0, 0.1) is 17.5 Å². The molecule has 1 saturated heterocycles. The number of hydrogen-bond donors (Lipinski definition) is 3. The summed E-state index contributed by atoms with van der Waals surface area (Å²) >= 11 is 5.65. The number of β-amino-alcohol motifs (C(OH)–C–C–N with tert-alkyl or cyclic N) is 1. The van der Waals surface area contributed by atoms with Gasteiger partial charge in [0.2, 0.25) is 5.91 Å². The highest BCUT2D eigenvalue weighted by Crippen LogP contribution is 2.36. The molecule has 10 heteroatoms. The fourth-order valence-electron chi connectivity index (χ4n) is 3.94. The molecular weight excluding hydrogens is 437 g/mol. The summed E-state index contributed by atoms with van der Waals surface area (Å²) in [6.07, 6.45) is -0.951. The number of halogens is 4. The highest BCUT2D eigenvalue weighted by molar-refractivity contribution is 6.30. The minimum atomic E-state index is -1.69. The summed E-state index contributed by atoms with van der Waals surface area (Å²) < 4.78 is 48.1.